The molecule has 0 aliphatic carbocycles. The van der Waals surface area contributed by atoms with Crippen molar-refractivity contribution in [2.24, 2.45) is 5.10 Å². The SMILES string of the molecule is C=CCOc1ccc(/C=N/NC(=O)c2ccc(F)cc2)cc1. The highest BCUT2D eigenvalue weighted by Gasteiger charge is 2.03. The summed E-state index contributed by atoms with van der Waals surface area (Å²) in [5.74, 6) is -0.0617. The number of ether oxygens (including phenoxy) is 1. The minimum Gasteiger partial charge on any atom is -0.490 e. The van der Waals surface area contributed by atoms with Crippen LogP contribution in [0.1, 0.15) is 15.9 Å². The van der Waals surface area contributed by atoms with Crippen LogP contribution in [0.15, 0.2) is 66.3 Å². The first-order valence-electron chi connectivity index (χ1n) is 6.62. The molecule has 112 valence electrons. The van der Waals surface area contributed by atoms with Crippen LogP contribution in [0.4, 0.5) is 4.39 Å². The molecule has 0 aliphatic heterocycles. The fourth-order valence-corrected chi connectivity index (χ4v) is 1.64. The highest BCUT2D eigenvalue weighted by Crippen LogP contribution is 2.10. The first-order chi connectivity index (χ1) is 10.7. The van der Waals surface area contributed by atoms with Gasteiger partial charge in [-0.1, -0.05) is 12.7 Å². The van der Waals surface area contributed by atoms with Gasteiger partial charge in [-0.25, -0.2) is 9.82 Å². The minimum absolute atomic E-state index is 0.340. The highest BCUT2D eigenvalue weighted by atomic mass is 19.1. The van der Waals surface area contributed by atoms with Crippen LogP contribution in [0.25, 0.3) is 0 Å². The van der Waals surface area contributed by atoms with Crippen molar-refractivity contribution < 1.29 is 13.9 Å². The monoisotopic (exact) mass is 298 g/mol. The maximum Gasteiger partial charge on any atom is 0.271 e. The van der Waals surface area contributed by atoms with E-state index in [1.807, 2.05) is 12.1 Å². The van der Waals surface area contributed by atoms with E-state index in [2.05, 4.69) is 17.1 Å². The maximum absolute atomic E-state index is 12.8. The van der Waals surface area contributed by atoms with Gasteiger partial charge < -0.3 is 4.74 Å². The molecule has 0 spiro atoms. The van der Waals surface area contributed by atoms with Gasteiger partial charge in [0, 0.05) is 5.56 Å². The van der Waals surface area contributed by atoms with Gasteiger partial charge in [0.05, 0.1) is 6.21 Å². The van der Waals surface area contributed by atoms with E-state index < -0.39 is 5.91 Å². The molecule has 0 fully saturated rings. The van der Waals surface area contributed by atoms with Crippen molar-refractivity contribution in [2.75, 3.05) is 6.61 Å². The van der Waals surface area contributed by atoms with E-state index in [0.29, 0.717) is 12.2 Å². The fourth-order valence-electron chi connectivity index (χ4n) is 1.64. The van der Waals surface area contributed by atoms with E-state index in [1.54, 1.807) is 18.2 Å². The quantitative estimate of drug-likeness (QED) is 0.506. The van der Waals surface area contributed by atoms with Crippen LogP contribution in [0.2, 0.25) is 0 Å². The number of benzene rings is 2. The Kier molecular flexibility index (Phi) is 5.43. The number of amides is 1. The Morgan fingerprint density at radius 1 is 1.18 bits per heavy atom. The summed E-state index contributed by atoms with van der Waals surface area (Å²) < 4.78 is 18.1. The third kappa shape index (κ3) is 4.56. The normalized spacial score (nSPS) is 10.4. The van der Waals surface area contributed by atoms with E-state index in [0.717, 1.165) is 11.3 Å². The number of rotatable bonds is 6. The van der Waals surface area contributed by atoms with Gasteiger partial charge in [0.2, 0.25) is 0 Å². The number of carbonyl (C=O) groups excluding carboxylic acids is 1. The van der Waals surface area contributed by atoms with Crippen LogP contribution in [-0.2, 0) is 0 Å². The number of carbonyl (C=O) groups is 1. The first-order valence-corrected chi connectivity index (χ1v) is 6.62. The standard InChI is InChI=1S/C17H15FN2O2/c1-2-11-22-16-9-3-13(4-10-16)12-19-20-17(21)14-5-7-15(18)8-6-14/h2-10,12H,1,11H2,(H,20,21)/b19-12+. The van der Waals surface area contributed by atoms with Crippen molar-refractivity contribution in [3.8, 4) is 5.75 Å². The summed E-state index contributed by atoms with van der Waals surface area (Å²) in [4.78, 5) is 11.7. The van der Waals surface area contributed by atoms with Gasteiger partial charge in [0.25, 0.3) is 5.91 Å². The van der Waals surface area contributed by atoms with Gasteiger partial charge in [-0.15, -0.1) is 0 Å². The third-order valence-corrected chi connectivity index (χ3v) is 2.73. The highest BCUT2D eigenvalue weighted by molar-refractivity contribution is 5.94. The largest absolute Gasteiger partial charge is 0.490 e. The zero-order valence-corrected chi connectivity index (χ0v) is 11.8. The Hall–Kier alpha value is -2.95. The maximum atomic E-state index is 12.8. The first kappa shape index (κ1) is 15.4. The molecule has 22 heavy (non-hydrogen) atoms. The number of halogens is 1. The molecule has 0 heterocycles. The lowest BCUT2D eigenvalue weighted by molar-refractivity contribution is 0.0955. The number of nitrogens with one attached hydrogen (secondary N) is 1. The number of hydrogen-bond acceptors (Lipinski definition) is 3. The molecule has 0 saturated carbocycles. The van der Waals surface area contributed by atoms with Crippen LogP contribution < -0.4 is 10.2 Å². The Balaban J connectivity index is 1.90. The van der Waals surface area contributed by atoms with E-state index in [4.69, 9.17) is 4.74 Å². The Bertz CT molecular complexity index is 664. The van der Waals surface area contributed by atoms with Gasteiger partial charge in [-0.2, -0.15) is 5.10 Å². The zero-order chi connectivity index (χ0) is 15.8. The molecule has 2 rings (SSSR count). The molecule has 1 N–H and O–H groups in total. The fraction of sp³-hybridized carbons (Fsp3) is 0.0588. The van der Waals surface area contributed by atoms with Crippen LogP contribution in [0.3, 0.4) is 0 Å². The van der Waals surface area contributed by atoms with Crippen LogP contribution in [-0.4, -0.2) is 18.7 Å². The van der Waals surface area contributed by atoms with Crippen LogP contribution in [0.5, 0.6) is 5.75 Å². The van der Waals surface area contributed by atoms with Crippen LogP contribution in [0, 0.1) is 5.82 Å². The molecule has 0 saturated heterocycles. The lowest BCUT2D eigenvalue weighted by Gasteiger charge is -2.02. The van der Waals surface area contributed by atoms with E-state index >= 15 is 0 Å². The lowest BCUT2D eigenvalue weighted by Crippen LogP contribution is -2.17. The second kappa shape index (κ2) is 7.73. The Labute approximate surface area is 127 Å². The molecule has 2 aromatic carbocycles. The average molecular weight is 298 g/mol. The summed E-state index contributed by atoms with van der Waals surface area (Å²) >= 11 is 0. The molecule has 0 unspecified atom stereocenters. The van der Waals surface area contributed by atoms with Gasteiger partial charge in [0.1, 0.15) is 18.2 Å². The van der Waals surface area contributed by atoms with Gasteiger partial charge in [-0.05, 0) is 54.1 Å². The molecule has 0 atom stereocenters. The van der Waals surface area contributed by atoms with Crippen molar-refractivity contribution in [3.05, 3.63) is 78.1 Å². The predicted octanol–water partition coefficient (Wildman–Crippen LogP) is 3.15. The van der Waals surface area contributed by atoms with Crippen molar-refractivity contribution >= 4 is 12.1 Å². The molecule has 5 heteroatoms. The molecule has 1 amide bonds. The Morgan fingerprint density at radius 2 is 1.86 bits per heavy atom. The zero-order valence-electron chi connectivity index (χ0n) is 11.8. The molecule has 4 nitrogen and oxygen atoms in total. The van der Waals surface area contributed by atoms with E-state index in [1.165, 1.54) is 30.5 Å². The number of hydrogen-bond donors (Lipinski definition) is 1. The lowest BCUT2D eigenvalue weighted by atomic mass is 10.2. The second-order valence-corrected chi connectivity index (χ2v) is 4.37. The molecular formula is C17H15FN2O2. The topological polar surface area (TPSA) is 50.7 Å². The molecule has 2 aromatic rings. The summed E-state index contributed by atoms with van der Waals surface area (Å²) in [5, 5.41) is 3.86. The molecule has 0 radical (unpaired) electrons. The van der Waals surface area contributed by atoms with Crippen molar-refractivity contribution in [1.82, 2.24) is 5.43 Å². The molecular weight excluding hydrogens is 283 g/mol. The van der Waals surface area contributed by atoms with E-state index in [-0.39, 0.29) is 5.82 Å². The summed E-state index contributed by atoms with van der Waals surface area (Å²) in [6.07, 6.45) is 3.18. The second-order valence-electron chi connectivity index (χ2n) is 4.37. The third-order valence-electron chi connectivity index (χ3n) is 2.73. The average Bonchev–Trinajstić information content (AvgIpc) is 2.54. The summed E-state index contributed by atoms with van der Waals surface area (Å²) in [5.41, 5.74) is 3.53. The van der Waals surface area contributed by atoms with Crippen molar-refractivity contribution in [2.45, 2.75) is 0 Å². The molecule has 0 aliphatic rings. The number of nitrogens with zero attached hydrogens (tertiary/aromatic N) is 1. The van der Waals surface area contributed by atoms with Crippen molar-refractivity contribution in [1.29, 1.82) is 0 Å². The van der Waals surface area contributed by atoms with Crippen molar-refractivity contribution in [3.63, 3.8) is 0 Å². The van der Waals surface area contributed by atoms with Gasteiger partial charge >= 0.3 is 0 Å². The predicted molar refractivity (Wildman–Crippen MR) is 83.6 cm³/mol. The van der Waals surface area contributed by atoms with E-state index in [9.17, 15) is 9.18 Å². The minimum atomic E-state index is -0.401. The Morgan fingerprint density at radius 3 is 2.50 bits per heavy atom. The number of hydrazone groups is 1. The molecule has 0 bridgehead atoms. The van der Waals surface area contributed by atoms with Crippen LogP contribution >= 0.6 is 0 Å². The van der Waals surface area contributed by atoms with Gasteiger partial charge in [-0.3, -0.25) is 4.79 Å². The summed E-state index contributed by atoms with van der Waals surface area (Å²) in [6.45, 7) is 4.02. The summed E-state index contributed by atoms with van der Waals surface area (Å²) in [7, 11) is 0. The summed E-state index contributed by atoms with van der Waals surface area (Å²) in [6, 6.07) is 12.5. The molecule has 0 aromatic heterocycles. The smallest absolute Gasteiger partial charge is 0.271 e. The van der Waals surface area contributed by atoms with Gasteiger partial charge in [0.15, 0.2) is 0 Å².